The summed E-state index contributed by atoms with van der Waals surface area (Å²) >= 11 is 0. The second-order valence-corrected chi connectivity index (χ2v) is 7.71. The van der Waals surface area contributed by atoms with Gasteiger partial charge in [0.2, 0.25) is 0 Å². The zero-order chi connectivity index (χ0) is 18.7. The number of fused-ring (bicyclic) bond motifs is 1. The highest BCUT2D eigenvalue weighted by Crippen LogP contribution is 2.35. The third-order valence-electron chi connectivity index (χ3n) is 3.78. The van der Waals surface area contributed by atoms with Crippen LogP contribution in [0, 0.1) is 11.3 Å². The van der Waals surface area contributed by atoms with Crippen LogP contribution in [0.3, 0.4) is 0 Å². The van der Waals surface area contributed by atoms with Crippen LogP contribution in [0.25, 0.3) is 10.9 Å². The number of benzene rings is 2. The fourth-order valence-corrected chi connectivity index (χ4v) is 3.72. The molecule has 26 heavy (non-hydrogen) atoms. The van der Waals surface area contributed by atoms with Gasteiger partial charge in [0.25, 0.3) is 0 Å². The molecule has 0 saturated carbocycles. The Morgan fingerprint density at radius 1 is 1.12 bits per heavy atom. The molecule has 8 heteroatoms. The van der Waals surface area contributed by atoms with E-state index < -0.39 is 9.73 Å². The smallest absolute Gasteiger partial charge is 0.173 e. The van der Waals surface area contributed by atoms with Gasteiger partial charge in [-0.1, -0.05) is 6.07 Å². The first-order valence-electron chi connectivity index (χ1n) is 7.57. The minimum atomic E-state index is -2.81. The Morgan fingerprint density at radius 3 is 2.54 bits per heavy atom. The van der Waals surface area contributed by atoms with E-state index >= 15 is 0 Å². The van der Waals surface area contributed by atoms with Crippen LogP contribution in [0.15, 0.2) is 52.0 Å². The minimum Gasteiger partial charge on any atom is -0.493 e. The zero-order valence-electron chi connectivity index (χ0n) is 14.5. The molecule has 0 N–H and O–H groups in total. The molecule has 1 atom stereocenters. The Balaban J connectivity index is 2.23. The molecule has 0 aliphatic carbocycles. The molecule has 7 nitrogen and oxygen atoms in total. The molecule has 0 radical (unpaired) electrons. The number of ether oxygens (including phenoxy) is 2. The van der Waals surface area contributed by atoms with Gasteiger partial charge in [0.05, 0.1) is 41.1 Å². The molecule has 1 heterocycles. The Bertz CT molecular complexity index is 1140. The lowest BCUT2D eigenvalue weighted by molar-refractivity contribution is 0.356. The number of methoxy groups -OCH3 is 2. The average molecular weight is 368 g/mol. The van der Waals surface area contributed by atoms with Crippen LogP contribution in [0.1, 0.15) is 5.56 Å². The van der Waals surface area contributed by atoms with Crippen LogP contribution in [0.4, 0.5) is 5.82 Å². The maximum atomic E-state index is 13.2. The first-order valence-corrected chi connectivity index (χ1v) is 9.50. The molecule has 0 bridgehead atoms. The number of hydrogen-bond acceptors (Lipinski definition) is 7. The predicted molar refractivity (Wildman–Crippen MR) is 98.2 cm³/mol. The summed E-state index contributed by atoms with van der Waals surface area (Å²) in [5.74, 6) is 1.31. The first-order chi connectivity index (χ1) is 12.5. The third kappa shape index (κ3) is 3.30. The van der Waals surface area contributed by atoms with Crippen molar-refractivity contribution < 1.29 is 13.7 Å². The summed E-state index contributed by atoms with van der Waals surface area (Å²) in [4.78, 5) is 8.85. The quantitative estimate of drug-likeness (QED) is 0.701. The molecule has 3 rings (SSSR count). The maximum absolute atomic E-state index is 13.2. The van der Waals surface area contributed by atoms with E-state index in [1.54, 1.807) is 36.4 Å². The van der Waals surface area contributed by atoms with E-state index in [-0.39, 0.29) is 5.82 Å². The summed E-state index contributed by atoms with van der Waals surface area (Å²) in [5, 5.41) is 9.64. The minimum absolute atomic E-state index is 0.283. The van der Waals surface area contributed by atoms with Crippen molar-refractivity contribution in [1.29, 1.82) is 5.26 Å². The van der Waals surface area contributed by atoms with E-state index in [9.17, 15) is 4.21 Å². The van der Waals surface area contributed by atoms with Crippen molar-refractivity contribution in [1.82, 2.24) is 9.97 Å². The zero-order valence-corrected chi connectivity index (χ0v) is 15.3. The topological polar surface area (TPSA) is 97.5 Å². The molecule has 0 aliphatic heterocycles. The van der Waals surface area contributed by atoms with Crippen molar-refractivity contribution in [2.75, 3.05) is 20.5 Å². The highest BCUT2D eigenvalue weighted by Gasteiger charge is 2.13. The molecule has 1 unspecified atom stereocenters. The molecule has 2 aromatic carbocycles. The van der Waals surface area contributed by atoms with E-state index in [1.165, 1.54) is 26.8 Å². The standard InChI is InChI=1S/C18H16N4O3S/c1-24-16-8-14-15(9-17(16)25-2)20-11-21-18(14)22-26(3,23)13-6-4-5-12(7-13)10-19/h4-9,11H,1-3H3. The van der Waals surface area contributed by atoms with Crippen LogP contribution < -0.4 is 9.47 Å². The number of nitriles is 1. The van der Waals surface area contributed by atoms with E-state index in [0.29, 0.717) is 32.9 Å². The molecule has 3 aromatic rings. The lowest BCUT2D eigenvalue weighted by Gasteiger charge is -2.10. The fourth-order valence-electron chi connectivity index (χ4n) is 2.46. The molecule has 0 saturated heterocycles. The Kier molecular flexibility index (Phi) is 4.73. The molecular formula is C18H16N4O3S. The molecular weight excluding hydrogens is 352 g/mol. The summed E-state index contributed by atoms with van der Waals surface area (Å²) in [6.07, 6.45) is 2.87. The van der Waals surface area contributed by atoms with Crippen LogP contribution in [0.5, 0.6) is 11.5 Å². The van der Waals surface area contributed by atoms with Gasteiger partial charge in [-0.2, -0.15) is 9.62 Å². The van der Waals surface area contributed by atoms with Crippen LogP contribution >= 0.6 is 0 Å². The van der Waals surface area contributed by atoms with Crippen molar-refractivity contribution >= 4 is 26.4 Å². The van der Waals surface area contributed by atoms with Gasteiger partial charge in [-0.25, -0.2) is 14.2 Å². The number of nitrogens with zero attached hydrogens (tertiary/aromatic N) is 4. The van der Waals surface area contributed by atoms with Crippen LogP contribution in [-0.2, 0) is 9.73 Å². The summed E-state index contributed by atoms with van der Waals surface area (Å²) in [6.45, 7) is 0. The van der Waals surface area contributed by atoms with E-state index in [0.717, 1.165) is 0 Å². The van der Waals surface area contributed by atoms with E-state index in [1.807, 2.05) is 6.07 Å². The van der Waals surface area contributed by atoms with Gasteiger partial charge in [-0.15, -0.1) is 0 Å². The summed E-state index contributed by atoms with van der Waals surface area (Å²) in [7, 11) is 0.256. The monoisotopic (exact) mass is 368 g/mol. The van der Waals surface area contributed by atoms with Crippen molar-refractivity contribution in [3.05, 3.63) is 48.3 Å². The normalized spacial score (nSPS) is 12.8. The van der Waals surface area contributed by atoms with Gasteiger partial charge >= 0.3 is 0 Å². The first kappa shape index (κ1) is 17.6. The highest BCUT2D eigenvalue weighted by atomic mass is 32.2. The molecule has 0 amide bonds. The van der Waals surface area contributed by atoms with Gasteiger partial charge in [0.1, 0.15) is 6.33 Å². The van der Waals surface area contributed by atoms with Crippen LogP contribution in [-0.4, -0.2) is 34.7 Å². The molecule has 1 aromatic heterocycles. The average Bonchev–Trinajstić information content (AvgIpc) is 2.67. The lowest BCUT2D eigenvalue weighted by Crippen LogP contribution is -1.98. The number of rotatable bonds is 4. The molecule has 0 aliphatic rings. The van der Waals surface area contributed by atoms with Crippen molar-refractivity contribution in [2.24, 2.45) is 4.36 Å². The highest BCUT2D eigenvalue weighted by molar-refractivity contribution is 7.93. The summed E-state index contributed by atoms with van der Waals surface area (Å²) < 4.78 is 28.1. The third-order valence-corrected chi connectivity index (χ3v) is 5.43. The summed E-state index contributed by atoms with van der Waals surface area (Å²) in [5.41, 5.74) is 1.02. The summed E-state index contributed by atoms with van der Waals surface area (Å²) in [6, 6.07) is 12.0. The Morgan fingerprint density at radius 2 is 1.85 bits per heavy atom. The second kappa shape index (κ2) is 6.98. The Labute approximate surface area is 151 Å². The van der Waals surface area contributed by atoms with E-state index in [2.05, 4.69) is 14.3 Å². The van der Waals surface area contributed by atoms with Crippen molar-refractivity contribution in [2.45, 2.75) is 4.90 Å². The lowest BCUT2D eigenvalue weighted by atomic mass is 10.2. The fraction of sp³-hybridized carbons (Fsp3) is 0.167. The second-order valence-electron chi connectivity index (χ2n) is 5.46. The predicted octanol–water partition coefficient (Wildman–Crippen LogP) is 3.31. The van der Waals surface area contributed by atoms with Gasteiger partial charge in [-0.05, 0) is 24.3 Å². The van der Waals surface area contributed by atoms with Gasteiger partial charge in [0.15, 0.2) is 17.3 Å². The molecule has 0 spiro atoms. The molecule has 132 valence electrons. The molecule has 0 fully saturated rings. The van der Waals surface area contributed by atoms with Gasteiger partial charge in [0, 0.05) is 22.6 Å². The van der Waals surface area contributed by atoms with Gasteiger partial charge < -0.3 is 9.47 Å². The largest absolute Gasteiger partial charge is 0.493 e. The van der Waals surface area contributed by atoms with Gasteiger partial charge in [-0.3, -0.25) is 0 Å². The van der Waals surface area contributed by atoms with Crippen LogP contribution in [0.2, 0.25) is 0 Å². The number of hydrogen-bond donors (Lipinski definition) is 0. The van der Waals surface area contributed by atoms with Crippen molar-refractivity contribution in [3.63, 3.8) is 0 Å². The maximum Gasteiger partial charge on any atom is 0.173 e. The Hall–Kier alpha value is -3.18. The SMILES string of the molecule is COc1cc2ncnc(N=S(C)(=O)c3cccc(C#N)c3)c2cc1OC. The van der Waals surface area contributed by atoms with Crippen molar-refractivity contribution in [3.8, 4) is 17.6 Å². The number of aromatic nitrogens is 2. The van der Waals surface area contributed by atoms with E-state index in [4.69, 9.17) is 14.7 Å².